The number of aromatic nitrogens is 4. The summed E-state index contributed by atoms with van der Waals surface area (Å²) >= 11 is 0. The Morgan fingerprint density at radius 3 is 2.81 bits per heavy atom. The zero-order valence-corrected chi connectivity index (χ0v) is 11.2. The summed E-state index contributed by atoms with van der Waals surface area (Å²) in [5.74, 6) is 0.141. The van der Waals surface area contributed by atoms with Gasteiger partial charge in [0.25, 0.3) is 0 Å². The van der Waals surface area contributed by atoms with Crippen LogP contribution in [0.4, 0.5) is 11.8 Å². The molecule has 3 heterocycles. The Morgan fingerprint density at radius 2 is 2.19 bits per heavy atom. The van der Waals surface area contributed by atoms with Crippen LogP contribution in [0.25, 0.3) is 11.2 Å². The number of hydrogen-bond donors (Lipinski definition) is 4. The van der Waals surface area contributed by atoms with Gasteiger partial charge in [0.1, 0.15) is 23.8 Å². The van der Waals surface area contributed by atoms with Gasteiger partial charge in [0, 0.05) is 7.11 Å². The summed E-state index contributed by atoms with van der Waals surface area (Å²) in [6.45, 7) is -0.280. The highest BCUT2D eigenvalue weighted by molar-refractivity contribution is 5.82. The van der Waals surface area contributed by atoms with Gasteiger partial charge in [-0.05, 0) is 0 Å². The van der Waals surface area contributed by atoms with Gasteiger partial charge < -0.3 is 31.2 Å². The number of hydrogen-bond acceptors (Lipinski definition) is 9. The molecule has 0 bridgehead atoms. The standard InChI is InChI=1S/C11H16N6O4/c1-20-7-4(2-18)21-10(6(7)19)17-3-14-5-8(12)15-11(13)16-9(5)17/h3-4,6-7,10,18-19H,2H2,1H3,(H4,12,13,15,16)/t4-,6-,7-,10-/m1/s1. The van der Waals surface area contributed by atoms with Gasteiger partial charge in [0.05, 0.1) is 12.9 Å². The summed E-state index contributed by atoms with van der Waals surface area (Å²) in [4.78, 5) is 12.0. The molecule has 0 spiro atoms. The summed E-state index contributed by atoms with van der Waals surface area (Å²) in [5.41, 5.74) is 12.0. The minimum absolute atomic E-state index is 0.00348. The Hall–Kier alpha value is -2.01. The number of nitrogen functional groups attached to an aromatic ring is 2. The SMILES string of the molecule is CO[C@H]1[C@@H](O)[C@H](n2cnc3c(N)nc(N)nc32)O[C@@H]1CO. The molecular weight excluding hydrogens is 280 g/mol. The summed E-state index contributed by atoms with van der Waals surface area (Å²) in [6, 6.07) is 0. The number of methoxy groups -OCH3 is 1. The molecule has 2 aromatic rings. The lowest BCUT2D eigenvalue weighted by Crippen LogP contribution is -2.35. The van der Waals surface area contributed by atoms with Gasteiger partial charge >= 0.3 is 0 Å². The zero-order valence-electron chi connectivity index (χ0n) is 11.2. The Kier molecular flexibility index (Phi) is 3.37. The van der Waals surface area contributed by atoms with Crippen LogP contribution in [0.1, 0.15) is 6.23 Å². The molecule has 21 heavy (non-hydrogen) atoms. The quantitative estimate of drug-likeness (QED) is 0.516. The summed E-state index contributed by atoms with van der Waals surface area (Å²) in [7, 11) is 1.44. The highest BCUT2D eigenvalue weighted by Gasteiger charge is 2.45. The number of rotatable bonds is 3. The first-order chi connectivity index (χ1) is 10.1. The van der Waals surface area contributed by atoms with Gasteiger partial charge in [0.2, 0.25) is 5.95 Å². The minimum atomic E-state index is -0.998. The van der Waals surface area contributed by atoms with Crippen molar-refractivity contribution in [2.45, 2.75) is 24.5 Å². The van der Waals surface area contributed by atoms with Crippen LogP contribution in [0.2, 0.25) is 0 Å². The molecule has 1 aliphatic rings. The summed E-state index contributed by atoms with van der Waals surface area (Å²) in [5, 5.41) is 19.6. The molecule has 0 aromatic carbocycles. The molecule has 4 atom stereocenters. The molecule has 0 amide bonds. The van der Waals surface area contributed by atoms with Gasteiger partial charge in [-0.1, -0.05) is 0 Å². The fraction of sp³-hybridized carbons (Fsp3) is 0.545. The minimum Gasteiger partial charge on any atom is -0.394 e. The number of anilines is 2. The molecule has 114 valence electrons. The molecule has 1 saturated heterocycles. The smallest absolute Gasteiger partial charge is 0.224 e. The lowest BCUT2D eigenvalue weighted by molar-refractivity contribution is -0.0535. The molecule has 10 nitrogen and oxygen atoms in total. The van der Waals surface area contributed by atoms with Crippen molar-refractivity contribution in [1.29, 1.82) is 0 Å². The molecule has 3 rings (SSSR count). The van der Waals surface area contributed by atoms with E-state index in [1.54, 1.807) is 0 Å². The number of nitrogens with zero attached hydrogens (tertiary/aromatic N) is 4. The van der Waals surface area contributed by atoms with Crippen molar-refractivity contribution < 1.29 is 19.7 Å². The number of aliphatic hydroxyl groups excluding tert-OH is 2. The molecule has 1 aliphatic heterocycles. The molecule has 10 heteroatoms. The van der Waals surface area contributed by atoms with Crippen LogP contribution in [0, 0.1) is 0 Å². The monoisotopic (exact) mass is 296 g/mol. The van der Waals surface area contributed by atoms with Gasteiger partial charge in [-0.25, -0.2) is 4.98 Å². The molecule has 0 unspecified atom stereocenters. The van der Waals surface area contributed by atoms with Gasteiger partial charge in [-0.3, -0.25) is 4.57 Å². The molecule has 1 fully saturated rings. The van der Waals surface area contributed by atoms with Crippen LogP contribution in [0.15, 0.2) is 6.33 Å². The van der Waals surface area contributed by atoms with Crippen molar-refractivity contribution in [1.82, 2.24) is 19.5 Å². The summed E-state index contributed by atoms with van der Waals surface area (Å²) in [6.07, 6.45) is -1.69. The van der Waals surface area contributed by atoms with Crippen molar-refractivity contribution in [3.05, 3.63) is 6.33 Å². The van der Waals surface area contributed by atoms with E-state index in [4.69, 9.17) is 20.9 Å². The Labute approximate surface area is 119 Å². The van der Waals surface area contributed by atoms with Crippen molar-refractivity contribution >= 4 is 22.9 Å². The van der Waals surface area contributed by atoms with E-state index < -0.39 is 24.5 Å². The number of nitrogens with two attached hydrogens (primary N) is 2. The Morgan fingerprint density at radius 1 is 1.43 bits per heavy atom. The van der Waals surface area contributed by atoms with Crippen LogP contribution in [0.5, 0.6) is 0 Å². The largest absolute Gasteiger partial charge is 0.394 e. The predicted octanol–water partition coefficient (Wildman–Crippen LogP) is -1.74. The highest BCUT2D eigenvalue weighted by Crippen LogP contribution is 2.33. The number of aliphatic hydroxyl groups is 2. The van der Waals surface area contributed by atoms with Crippen LogP contribution < -0.4 is 11.5 Å². The Bertz CT molecular complexity index is 661. The van der Waals surface area contributed by atoms with Crippen LogP contribution in [-0.2, 0) is 9.47 Å². The Balaban J connectivity index is 2.05. The normalized spacial score (nSPS) is 29.3. The number of imidazole rings is 1. The summed E-state index contributed by atoms with van der Waals surface area (Å²) < 4.78 is 12.3. The van der Waals surface area contributed by atoms with Gasteiger partial charge in [0.15, 0.2) is 17.7 Å². The van der Waals surface area contributed by atoms with Crippen LogP contribution in [-0.4, -0.2) is 61.8 Å². The molecule has 2 aromatic heterocycles. The third-order valence-corrected chi connectivity index (χ3v) is 3.50. The van der Waals surface area contributed by atoms with E-state index >= 15 is 0 Å². The first-order valence-electron chi connectivity index (χ1n) is 6.29. The van der Waals surface area contributed by atoms with Crippen molar-refractivity contribution in [3.8, 4) is 0 Å². The van der Waals surface area contributed by atoms with Gasteiger partial charge in [-0.2, -0.15) is 9.97 Å². The highest BCUT2D eigenvalue weighted by atomic mass is 16.6. The van der Waals surface area contributed by atoms with E-state index in [1.165, 1.54) is 18.0 Å². The third kappa shape index (κ3) is 2.08. The topological polar surface area (TPSA) is 155 Å². The van der Waals surface area contributed by atoms with E-state index in [0.29, 0.717) is 11.2 Å². The maximum absolute atomic E-state index is 10.3. The average molecular weight is 296 g/mol. The molecule has 0 radical (unpaired) electrons. The predicted molar refractivity (Wildman–Crippen MR) is 71.9 cm³/mol. The third-order valence-electron chi connectivity index (χ3n) is 3.50. The van der Waals surface area contributed by atoms with Crippen LogP contribution >= 0.6 is 0 Å². The fourth-order valence-corrected chi connectivity index (χ4v) is 2.53. The maximum Gasteiger partial charge on any atom is 0.224 e. The molecule has 0 aliphatic carbocycles. The van der Waals surface area contributed by atoms with E-state index in [1.807, 2.05) is 0 Å². The second kappa shape index (κ2) is 5.07. The maximum atomic E-state index is 10.3. The number of fused-ring (bicyclic) bond motifs is 1. The lowest BCUT2D eigenvalue weighted by atomic mass is 10.1. The molecule has 6 N–H and O–H groups in total. The van der Waals surface area contributed by atoms with Crippen molar-refractivity contribution in [2.75, 3.05) is 25.2 Å². The molecule has 0 saturated carbocycles. The average Bonchev–Trinajstić information content (AvgIpc) is 2.99. The van der Waals surface area contributed by atoms with E-state index in [0.717, 1.165) is 0 Å². The van der Waals surface area contributed by atoms with Crippen LogP contribution in [0.3, 0.4) is 0 Å². The first-order valence-corrected chi connectivity index (χ1v) is 6.29. The number of ether oxygens (including phenoxy) is 2. The van der Waals surface area contributed by atoms with E-state index in [9.17, 15) is 10.2 Å². The first kappa shape index (κ1) is 13.9. The lowest BCUT2D eigenvalue weighted by Gasteiger charge is -2.17. The fourth-order valence-electron chi connectivity index (χ4n) is 2.53. The van der Waals surface area contributed by atoms with E-state index in [-0.39, 0.29) is 18.4 Å². The molecular formula is C11H16N6O4. The second-order valence-corrected chi connectivity index (χ2v) is 4.73. The zero-order chi connectivity index (χ0) is 15.1. The second-order valence-electron chi connectivity index (χ2n) is 4.73. The van der Waals surface area contributed by atoms with E-state index in [2.05, 4.69) is 15.0 Å². The van der Waals surface area contributed by atoms with Crippen molar-refractivity contribution in [2.24, 2.45) is 0 Å². The van der Waals surface area contributed by atoms with Gasteiger partial charge in [-0.15, -0.1) is 0 Å². The van der Waals surface area contributed by atoms with Crippen molar-refractivity contribution in [3.63, 3.8) is 0 Å².